The molecule has 1 aromatic rings. The van der Waals surface area contributed by atoms with E-state index in [-0.39, 0.29) is 6.04 Å². The summed E-state index contributed by atoms with van der Waals surface area (Å²) in [5.74, 6) is 1.03. The van der Waals surface area contributed by atoms with Crippen molar-refractivity contribution in [3.05, 3.63) is 17.8 Å². The third-order valence-corrected chi connectivity index (χ3v) is 3.52. The summed E-state index contributed by atoms with van der Waals surface area (Å²) in [5, 5.41) is 0. The number of methoxy groups -OCH3 is 1. The van der Waals surface area contributed by atoms with Crippen LogP contribution in [0.3, 0.4) is 0 Å². The molecule has 122 valence electrons. The van der Waals surface area contributed by atoms with E-state index in [1.807, 2.05) is 32.9 Å². The van der Waals surface area contributed by atoms with Gasteiger partial charge >= 0.3 is 6.09 Å². The van der Waals surface area contributed by atoms with Gasteiger partial charge in [0.2, 0.25) is 0 Å². The molecule has 1 saturated heterocycles. The molecule has 1 fully saturated rings. The molecule has 1 unspecified atom stereocenters. The zero-order valence-corrected chi connectivity index (χ0v) is 14.2. The quantitative estimate of drug-likeness (QED) is 0.801. The molecule has 0 spiro atoms. The third kappa shape index (κ3) is 3.88. The van der Waals surface area contributed by atoms with Crippen molar-refractivity contribution in [1.82, 2.24) is 9.88 Å². The molecule has 2 heterocycles. The Hall–Kier alpha value is -1.82. The molecule has 22 heavy (non-hydrogen) atoms. The van der Waals surface area contributed by atoms with Crippen LogP contribution in [0.15, 0.2) is 12.1 Å². The molecule has 1 atom stereocenters. The minimum atomic E-state index is -0.552. The molecule has 1 aliphatic rings. The van der Waals surface area contributed by atoms with Gasteiger partial charge in [0.1, 0.15) is 5.60 Å². The summed E-state index contributed by atoms with van der Waals surface area (Å²) in [6.07, 6.45) is -0.449. The van der Waals surface area contributed by atoms with Gasteiger partial charge in [-0.15, -0.1) is 0 Å². The number of carbonyl (C=O) groups is 1. The van der Waals surface area contributed by atoms with Crippen molar-refractivity contribution in [1.29, 1.82) is 0 Å². The minimum Gasteiger partial charge on any atom is -0.493 e. The normalized spacial score (nSPS) is 16.1. The maximum absolute atomic E-state index is 12.3. The molecule has 2 rings (SSSR count). The summed E-state index contributed by atoms with van der Waals surface area (Å²) in [7, 11) is 3.21. The topological polar surface area (TPSA) is 54.7 Å². The molecular weight excluding hydrogens is 282 g/mol. The number of aromatic nitrogens is 1. The number of pyridine rings is 1. The number of hydrogen-bond donors (Lipinski definition) is 0. The lowest BCUT2D eigenvalue weighted by Gasteiger charge is -2.25. The number of hydrogen-bond acceptors (Lipinski definition) is 5. The van der Waals surface area contributed by atoms with Crippen LogP contribution in [0, 0.1) is 0 Å². The van der Waals surface area contributed by atoms with Crippen LogP contribution in [0.1, 0.15) is 39.4 Å². The Morgan fingerprint density at radius 3 is 2.50 bits per heavy atom. The molecule has 1 aromatic heterocycles. The average Bonchev–Trinajstić information content (AvgIpc) is 3.27. The van der Waals surface area contributed by atoms with Crippen molar-refractivity contribution < 1.29 is 14.3 Å². The number of carbonyl (C=O) groups excluding carboxylic acids is 1. The Balaban J connectivity index is 2.26. The number of ether oxygens (including phenoxy) is 2. The highest BCUT2D eigenvalue weighted by molar-refractivity contribution is 5.87. The summed E-state index contributed by atoms with van der Waals surface area (Å²) < 4.78 is 10.7. The maximum atomic E-state index is 12.3. The summed E-state index contributed by atoms with van der Waals surface area (Å²) >= 11 is 0. The molecule has 0 radical (unpaired) electrons. The van der Waals surface area contributed by atoms with Gasteiger partial charge in [-0.05, 0) is 39.8 Å². The van der Waals surface area contributed by atoms with Crippen LogP contribution in [0.5, 0.6) is 5.75 Å². The van der Waals surface area contributed by atoms with Gasteiger partial charge < -0.3 is 9.47 Å². The highest BCUT2D eigenvalue weighted by Crippen LogP contribution is 2.31. The standard InChI is InChI=1S/C16H25N3O3/c1-11(19-9-10-19)12-7-8-13(21-6)14(17-12)18(5)15(20)22-16(2,3)4/h7-8,11H,9-10H2,1-6H3. The van der Waals surface area contributed by atoms with E-state index in [1.54, 1.807) is 14.2 Å². The number of amides is 1. The second kappa shape index (κ2) is 6.12. The van der Waals surface area contributed by atoms with Gasteiger partial charge in [0.05, 0.1) is 12.8 Å². The molecule has 0 aromatic carbocycles. The third-order valence-electron chi connectivity index (χ3n) is 3.52. The zero-order chi connectivity index (χ0) is 16.5. The Bertz CT molecular complexity index is 550. The summed E-state index contributed by atoms with van der Waals surface area (Å²) in [5.41, 5.74) is 0.368. The van der Waals surface area contributed by atoms with Crippen LogP contribution in [0.4, 0.5) is 10.6 Å². The molecule has 0 saturated carbocycles. The highest BCUT2D eigenvalue weighted by atomic mass is 16.6. The second-order valence-electron chi connectivity index (χ2n) is 6.51. The van der Waals surface area contributed by atoms with Gasteiger partial charge in [-0.25, -0.2) is 9.78 Å². The highest BCUT2D eigenvalue weighted by Gasteiger charge is 2.28. The van der Waals surface area contributed by atoms with Crippen LogP contribution >= 0.6 is 0 Å². The van der Waals surface area contributed by atoms with Crippen LogP contribution in [0.2, 0.25) is 0 Å². The smallest absolute Gasteiger partial charge is 0.415 e. The predicted octanol–water partition coefficient (Wildman–Crippen LogP) is 2.84. The van der Waals surface area contributed by atoms with Gasteiger partial charge in [-0.3, -0.25) is 9.80 Å². The van der Waals surface area contributed by atoms with Gasteiger partial charge in [-0.2, -0.15) is 0 Å². The lowest BCUT2D eigenvalue weighted by atomic mass is 10.2. The van der Waals surface area contributed by atoms with E-state index < -0.39 is 11.7 Å². The lowest BCUT2D eigenvalue weighted by molar-refractivity contribution is 0.0587. The first-order chi connectivity index (χ1) is 10.2. The second-order valence-corrected chi connectivity index (χ2v) is 6.51. The Morgan fingerprint density at radius 2 is 2.00 bits per heavy atom. The van der Waals surface area contributed by atoms with Crippen molar-refractivity contribution in [2.45, 2.75) is 39.3 Å². The lowest BCUT2D eigenvalue weighted by Crippen LogP contribution is -2.35. The molecule has 6 nitrogen and oxygen atoms in total. The van der Waals surface area contributed by atoms with E-state index in [9.17, 15) is 4.79 Å². The molecule has 1 aliphatic heterocycles. The monoisotopic (exact) mass is 307 g/mol. The van der Waals surface area contributed by atoms with Crippen LogP contribution < -0.4 is 9.64 Å². The van der Waals surface area contributed by atoms with E-state index in [2.05, 4.69) is 16.8 Å². The van der Waals surface area contributed by atoms with Gasteiger partial charge in [0.25, 0.3) is 0 Å². The van der Waals surface area contributed by atoms with Crippen molar-refractivity contribution in [3.8, 4) is 5.75 Å². The van der Waals surface area contributed by atoms with E-state index in [1.165, 1.54) is 4.90 Å². The van der Waals surface area contributed by atoms with E-state index >= 15 is 0 Å². The van der Waals surface area contributed by atoms with Gasteiger partial charge in [0, 0.05) is 26.2 Å². The molecule has 0 bridgehead atoms. The SMILES string of the molecule is COc1ccc(C(C)N2CC2)nc1N(C)C(=O)OC(C)(C)C. The number of nitrogens with zero attached hydrogens (tertiary/aromatic N) is 3. The Labute approximate surface area is 132 Å². The van der Waals surface area contributed by atoms with E-state index in [4.69, 9.17) is 9.47 Å². The number of anilines is 1. The van der Waals surface area contributed by atoms with Crippen LogP contribution in [0.25, 0.3) is 0 Å². The predicted molar refractivity (Wildman–Crippen MR) is 85.4 cm³/mol. The summed E-state index contributed by atoms with van der Waals surface area (Å²) in [4.78, 5) is 20.6. The fourth-order valence-corrected chi connectivity index (χ4v) is 2.13. The van der Waals surface area contributed by atoms with Crippen LogP contribution in [-0.2, 0) is 4.74 Å². The zero-order valence-electron chi connectivity index (χ0n) is 14.2. The Morgan fingerprint density at radius 1 is 1.36 bits per heavy atom. The molecule has 0 aliphatic carbocycles. The first kappa shape index (κ1) is 16.5. The molecular formula is C16H25N3O3. The van der Waals surface area contributed by atoms with Crippen molar-refractivity contribution >= 4 is 11.9 Å². The average molecular weight is 307 g/mol. The van der Waals surface area contributed by atoms with Crippen molar-refractivity contribution in [2.24, 2.45) is 0 Å². The molecule has 0 N–H and O–H groups in total. The summed E-state index contributed by atoms with van der Waals surface area (Å²) in [6.45, 7) is 9.80. The van der Waals surface area contributed by atoms with Crippen LogP contribution in [-0.4, -0.2) is 48.8 Å². The van der Waals surface area contributed by atoms with E-state index in [0.29, 0.717) is 11.6 Å². The van der Waals surface area contributed by atoms with Crippen molar-refractivity contribution in [3.63, 3.8) is 0 Å². The fraction of sp³-hybridized carbons (Fsp3) is 0.625. The largest absolute Gasteiger partial charge is 0.493 e. The molecule has 6 heteroatoms. The molecule has 1 amide bonds. The first-order valence-electron chi connectivity index (χ1n) is 7.48. The van der Waals surface area contributed by atoms with E-state index in [0.717, 1.165) is 18.8 Å². The Kier molecular flexibility index (Phi) is 4.60. The maximum Gasteiger partial charge on any atom is 0.415 e. The minimum absolute atomic E-state index is 0.233. The van der Waals surface area contributed by atoms with Gasteiger partial charge in [0.15, 0.2) is 11.6 Å². The first-order valence-corrected chi connectivity index (χ1v) is 7.48. The van der Waals surface area contributed by atoms with Gasteiger partial charge in [-0.1, -0.05) is 0 Å². The fourth-order valence-electron chi connectivity index (χ4n) is 2.13. The van der Waals surface area contributed by atoms with Crippen molar-refractivity contribution in [2.75, 3.05) is 32.1 Å². The number of rotatable bonds is 4. The summed E-state index contributed by atoms with van der Waals surface area (Å²) in [6, 6.07) is 4.02.